The summed E-state index contributed by atoms with van der Waals surface area (Å²) in [5.74, 6) is -0.685. The molecule has 0 aromatic heterocycles. The lowest BCUT2D eigenvalue weighted by molar-refractivity contribution is -0.153. The molecular formula is C15H29ClN2O4. The molecule has 1 atom stereocenters. The second kappa shape index (κ2) is 9.33. The number of rotatable bonds is 7. The van der Waals surface area contributed by atoms with Crippen LogP contribution < -0.4 is 11.1 Å². The summed E-state index contributed by atoms with van der Waals surface area (Å²) in [7, 11) is 2.78. The molecule has 1 fully saturated rings. The lowest BCUT2D eigenvalue weighted by Gasteiger charge is -2.37. The van der Waals surface area contributed by atoms with E-state index in [1.807, 2.05) is 0 Å². The van der Waals surface area contributed by atoms with Crippen LogP contribution in [0.25, 0.3) is 0 Å². The van der Waals surface area contributed by atoms with Gasteiger partial charge in [0.25, 0.3) is 0 Å². The van der Waals surface area contributed by atoms with Crippen molar-refractivity contribution in [1.82, 2.24) is 5.32 Å². The van der Waals surface area contributed by atoms with E-state index in [2.05, 4.69) is 5.32 Å². The van der Waals surface area contributed by atoms with Crippen molar-refractivity contribution in [2.45, 2.75) is 51.0 Å². The molecule has 0 heterocycles. The number of hydrogen-bond donors (Lipinski definition) is 2. The van der Waals surface area contributed by atoms with Crippen LogP contribution in [0.3, 0.4) is 0 Å². The Morgan fingerprint density at radius 1 is 1.23 bits per heavy atom. The van der Waals surface area contributed by atoms with Crippen LogP contribution in [0, 0.1) is 5.41 Å². The summed E-state index contributed by atoms with van der Waals surface area (Å²) < 4.78 is 9.78. The quantitative estimate of drug-likeness (QED) is 0.686. The Bertz CT molecular complexity index is 373. The number of carbonyl (C=O) groups excluding carboxylic acids is 2. The number of carbonyl (C=O) groups is 2. The second-order valence-corrected chi connectivity index (χ2v) is 6.25. The monoisotopic (exact) mass is 336 g/mol. The molecule has 0 radical (unpaired) electrons. The van der Waals surface area contributed by atoms with Crippen LogP contribution in [0.4, 0.5) is 0 Å². The van der Waals surface area contributed by atoms with E-state index in [4.69, 9.17) is 15.2 Å². The zero-order valence-electron chi connectivity index (χ0n) is 13.8. The van der Waals surface area contributed by atoms with E-state index in [0.29, 0.717) is 13.0 Å². The molecule has 1 unspecified atom stereocenters. The molecule has 0 bridgehead atoms. The zero-order chi connectivity index (χ0) is 15.9. The number of nitrogens with one attached hydrogen (secondary N) is 1. The van der Waals surface area contributed by atoms with Crippen molar-refractivity contribution >= 4 is 24.3 Å². The lowest BCUT2D eigenvalue weighted by atomic mass is 9.71. The van der Waals surface area contributed by atoms with E-state index in [1.54, 1.807) is 6.92 Å². The molecule has 0 aliphatic heterocycles. The normalized spacial score (nSPS) is 19.5. The van der Waals surface area contributed by atoms with Gasteiger partial charge in [-0.2, -0.15) is 0 Å². The maximum atomic E-state index is 12.4. The summed E-state index contributed by atoms with van der Waals surface area (Å²) in [5, 5.41) is 2.76. The van der Waals surface area contributed by atoms with Gasteiger partial charge in [0.2, 0.25) is 5.91 Å². The number of hydrogen-bond acceptors (Lipinski definition) is 5. The Hall–Kier alpha value is -0.850. The van der Waals surface area contributed by atoms with Crippen molar-refractivity contribution in [2.75, 3.05) is 27.4 Å². The summed E-state index contributed by atoms with van der Waals surface area (Å²) in [6.45, 7) is 2.18. The highest BCUT2D eigenvalue weighted by Crippen LogP contribution is 2.38. The molecule has 6 nitrogen and oxygen atoms in total. The Morgan fingerprint density at radius 3 is 2.27 bits per heavy atom. The minimum Gasteiger partial charge on any atom is -0.467 e. The van der Waals surface area contributed by atoms with Gasteiger partial charge in [-0.15, -0.1) is 12.4 Å². The molecule has 22 heavy (non-hydrogen) atoms. The predicted molar refractivity (Wildman–Crippen MR) is 86.9 cm³/mol. The molecule has 0 spiro atoms. The van der Waals surface area contributed by atoms with E-state index >= 15 is 0 Å². The van der Waals surface area contributed by atoms with Gasteiger partial charge in [0.15, 0.2) is 5.54 Å². The summed E-state index contributed by atoms with van der Waals surface area (Å²) >= 11 is 0. The summed E-state index contributed by atoms with van der Waals surface area (Å²) in [6.07, 6.45) is 5.70. The van der Waals surface area contributed by atoms with E-state index in [9.17, 15) is 9.59 Å². The Kier molecular flexibility index (Phi) is 8.96. The number of nitrogens with two attached hydrogens (primary N) is 1. The number of esters is 1. The van der Waals surface area contributed by atoms with E-state index in [1.165, 1.54) is 20.6 Å². The van der Waals surface area contributed by atoms with Gasteiger partial charge in [-0.05, 0) is 31.7 Å². The van der Waals surface area contributed by atoms with Gasteiger partial charge >= 0.3 is 5.97 Å². The van der Waals surface area contributed by atoms with Gasteiger partial charge in [-0.25, -0.2) is 4.79 Å². The SMILES string of the molecule is COCC(C)(NC(=O)CC1(CN)CCCCC1)C(=O)OC.Cl. The van der Waals surface area contributed by atoms with Gasteiger partial charge < -0.3 is 20.5 Å². The fourth-order valence-electron chi connectivity index (χ4n) is 3.11. The van der Waals surface area contributed by atoms with Crippen LogP contribution in [0.15, 0.2) is 0 Å². The van der Waals surface area contributed by atoms with Crippen LogP contribution in [0.5, 0.6) is 0 Å². The third-order valence-corrected chi connectivity index (χ3v) is 4.37. The number of amides is 1. The zero-order valence-corrected chi connectivity index (χ0v) is 14.6. The molecule has 0 aromatic rings. The Balaban J connectivity index is 0.00000441. The van der Waals surface area contributed by atoms with Crippen LogP contribution in [-0.2, 0) is 19.1 Å². The third-order valence-electron chi connectivity index (χ3n) is 4.37. The standard InChI is InChI=1S/C15H28N2O4.ClH/c1-14(11-20-2,13(19)21-3)17-12(18)9-15(10-16)7-5-4-6-8-15;/h4-11,16H2,1-3H3,(H,17,18);1H. The average molecular weight is 337 g/mol. The molecule has 0 saturated heterocycles. The molecule has 1 aliphatic rings. The average Bonchev–Trinajstić information content (AvgIpc) is 2.47. The summed E-state index contributed by atoms with van der Waals surface area (Å²) in [5.41, 5.74) is 4.60. The first-order valence-corrected chi connectivity index (χ1v) is 7.50. The van der Waals surface area contributed by atoms with Gasteiger partial charge in [0.1, 0.15) is 0 Å². The minimum absolute atomic E-state index is 0. The Morgan fingerprint density at radius 2 is 1.82 bits per heavy atom. The number of ether oxygens (including phenoxy) is 2. The van der Waals surface area contributed by atoms with E-state index in [0.717, 1.165) is 25.7 Å². The van der Waals surface area contributed by atoms with Crippen molar-refractivity contribution in [3.8, 4) is 0 Å². The summed E-state index contributed by atoms with van der Waals surface area (Å²) in [6, 6.07) is 0. The van der Waals surface area contributed by atoms with E-state index in [-0.39, 0.29) is 30.3 Å². The first-order valence-electron chi connectivity index (χ1n) is 7.50. The van der Waals surface area contributed by atoms with Crippen molar-refractivity contribution < 1.29 is 19.1 Å². The maximum absolute atomic E-state index is 12.4. The van der Waals surface area contributed by atoms with E-state index < -0.39 is 11.5 Å². The fourth-order valence-corrected chi connectivity index (χ4v) is 3.11. The van der Waals surface area contributed by atoms with Crippen LogP contribution in [-0.4, -0.2) is 44.8 Å². The molecule has 0 aromatic carbocycles. The third kappa shape index (κ3) is 5.41. The molecule has 7 heteroatoms. The molecule has 1 aliphatic carbocycles. The van der Waals surface area contributed by atoms with Crippen LogP contribution >= 0.6 is 12.4 Å². The fraction of sp³-hybridized carbons (Fsp3) is 0.867. The smallest absolute Gasteiger partial charge is 0.333 e. The molecular weight excluding hydrogens is 308 g/mol. The molecule has 130 valence electrons. The highest BCUT2D eigenvalue weighted by molar-refractivity contribution is 5.88. The number of halogens is 1. The predicted octanol–water partition coefficient (Wildman–Crippen LogP) is 1.40. The van der Waals surface area contributed by atoms with Gasteiger partial charge in [0, 0.05) is 13.5 Å². The van der Waals surface area contributed by atoms with Gasteiger partial charge in [-0.1, -0.05) is 19.3 Å². The van der Waals surface area contributed by atoms with Gasteiger partial charge in [0.05, 0.1) is 13.7 Å². The maximum Gasteiger partial charge on any atom is 0.333 e. The van der Waals surface area contributed by atoms with Crippen molar-refractivity contribution in [1.29, 1.82) is 0 Å². The topological polar surface area (TPSA) is 90.6 Å². The molecule has 3 N–H and O–H groups in total. The molecule has 1 amide bonds. The highest BCUT2D eigenvalue weighted by atomic mass is 35.5. The highest BCUT2D eigenvalue weighted by Gasteiger charge is 2.39. The Labute approximate surface area is 138 Å². The minimum atomic E-state index is -1.16. The van der Waals surface area contributed by atoms with Crippen molar-refractivity contribution in [2.24, 2.45) is 11.1 Å². The lowest BCUT2D eigenvalue weighted by Crippen LogP contribution is -2.56. The molecule has 1 rings (SSSR count). The van der Waals surface area contributed by atoms with Crippen LogP contribution in [0.1, 0.15) is 45.4 Å². The van der Waals surface area contributed by atoms with Crippen molar-refractivity contribution in [3.63, 3.8) is 0 Å². The largest absolute Gasteiger partial charge is 0.467 e. The van der Waals surface area contributed by atoms with Crippen molar-refractivity contribution in [3.05, 3.63) is 0 Å². The molecule has 1 saturated carbocycles. The van der Waals surface area contributed by atoms with Crippen LogP contribution in [0.2, 0.25) is 0 Å². The first kappa shape index (κ1) is 21.1. The van der Waals surface area contributed by atoms with Gasteiger partial charge in [-0.3, -0.25) is 4.79 Å². The summed E-state index contributed by atoms with van der Waals surface area (Å²) in [4.78, 5) is 24.2. The number of methoxy groups -OCH3 is 2. The first-order chi connectivity index (χ1) is 9.91. The second-order valence-electron chi connectivity index (χ2n) is 6.25.